The minimum atomic E-state index is -0.516. The maximum absolute atomic E-state index is 12.3. The van der Waals surface area contributed by atoms with Gasteiger partial charge < -0.3 is 10.4 Å². The van der Waals surface area contributed by atoms with Crippen molar-refractivity contribution in [3.05, 3.63) is 40.4 Å². The van der Waals surface area contributed by atoms with Crippen molar-refractivity contribution in [2.45, 2.75) is 6.54 Å². The number of fused-ring (bicyclic) bond motifs is 3. The number of benzene rings is 1. The molecule has 0 radical (unpaired) electrons. The van der Waals surface area contributed by atoms with Crippen LogP contribution in [0.15, 0.2) is 28.9 Å². The lowest BCUT2D eigenvalue weighted by Gasteiger charge is -2.06. The molecular formula is C14H9BrN6O2S. The standard InChI is InChI=1S/C14H9BrN6O2S/c15-13-9-6-3-1-2-4-7(6)24-12(9)11(22)10(17-13)14(23)16-5-8-18-20-21-19-8/h1-4,22H,5H2,(H,16,23)(H,18,19,20,21). The van der Waals surface area contributed by atoms with E-state index in [0.717, 1.165) is 15.5 Å². The molecule has 0 unspecified atom stereocenters. The Morgan fingerprint density at radius 2 is 2.21 bits per heavy atom. The second-order valence-corrected chi connectivity index (χ2v) is 6.72. The van der Waals surface area contributed by atoms with E-state index in [0.29, 0.717) is 15.1 Å². The first-order valence-corrected chi connectivity index (χ1v) is 8.46. The first-order valence-electron chi connectivity index (χ1n) is 6.85. The fourth-order valence-corrected chi connectivity index (χ4v) is 4.26. The number of tetrazole rings is 1. The van der Waals surface area contributed by atoms with Crippen LogP contribution in [0.25, 0.3) is 20.2 Å². The van der Waals surface area contributed by atoms with Crippen LogP contribution in [0.2, 0.25) is 0 Å². The van der Waals surface area contributed by atoms with Gasteiger partial charge in [0.25, 0.3) is 5.91 Å². The number of pyridine rings is 1. The van der Waals surface area contributed by atoms with Gasteiger partial charge in [0, 0.05) is 15.5 Å². The summed E-state index contributed by atoms with van der Waals surface area (Å²) in [6.07, 6.45) is 0. The van der Waals surface area contributed by atoms with Crippen molar-refractivity contribution in [2.75, 3.05) is 0 Å². The van der Waals surface area contributed by atoms with Crippen molar-refractivity contribution in [1.82, 2.24) is 30.9 Å². The lowest BCUT2D eigenvalue weighted by molar-refractivity contribution is 0.0942. The number of carbonyl (C=O) groups is 1. The summed E-state index contributed by atoms with van der Waals surface area (Å²) in [5.74, 6) is -0.317. The minimum Gasteiger partial charge on any atom is -0.504 e. The predicted octanol–water partition coefficient (Wildman–Crippen LogP) is 2.36. The van der Waals surface area contributed by atoms with Crippen molar-refractivity contribution in [2.24, 2.45) is 0 Å². The van der Waals surface area contributed by atoms with Gasteiger partial charge in [-0.3, -0.25) is 4.79 Å². The van der Waals surface area contributed by atoms with Gasteiger partial charge in [0.15, 0.2) is 17.3 Å². The maximum atomic E-state index is 12.3. The van der Waals surface area contributed by atoms with Gasteiger partial charge in [-0.05, 0) is 22.0 Å². The maximum Gasteiger partial charge on any atom is 0.274 e. The molecule has 0 atom stereocenters. The summed E-state index contributed by atoms with van der Waals surface area (Å²) in [4.78, 5) is 16.6. The predicted molar refractivity (Wildman–Crippen MR) is 91.8 cm³/mol. The zero-order valence-corrected chi connectivity index (χ0v) is 14.3. The van der Waals surface area contributed by atoms with E-state index in [1.165, 1.54) is 11.3 Å². The second kappa shape index (κ2) is 5.80. The lowest BCUT2D eigenvalue weighted by atomic mass is 10.2. The molecule has 0 saturated carbocycles. The Kier molecular flexibility index (Phi) is 3.62. The van der Waals surface area contributed by atoms with Crippen molar-refractivity contribution in [3.8, 4) is 5.75 Å². The van der Waals surface area contributed by atoms with E-state index in [2.05, 4.69) is 46.9 Å². The van der Waals surface area contributed by atoms with Crippen molar-refractivity contribution < 1.29 is 9.90 Å². The van der Waals surface area contributed by atoms with Gasteiger partial charge in [-0.15, -0.1) is 21.5 Å². The molecule has 120 valence electrons. The number of amides is 1. The highest BCUT2D eigenvalue weighted by atomic mass is 79.9. The number of hydrogen-bond acceptors (Lipinski definition) is 7. The number of rotatable bonds is 3. The highest BCUT2D eigenvalue weighted by molar-refractivity contribution is 9.10. The number of H-pyrrole nitrogens is 1. The molecule has 0 spiro atoms. The van der Waals surface area contributed by atoms with E-state index in [4.69, 9.17) is 0 Å². The van der Waals surface area contributed by atoms with E-state index in [9.17, 15) is 9.90 Å². The van der Waals surface area contributed by atoms with Crippen molar-refractivity contribution in [1.29, 1.82) is 0 Å². The summed E-state index contributed by atoms with van der Waals surface area (Å²) in [7, 11) is 0. The molecule has 4 aromatic rings. The van der Waals surface area contributed by atoms with Gasteiger partial charge in [0.1, 0.15) is 4.60 Å². The largest absolute Gasteiger partial charge is 0.504 e. The van der Waals surface area contributed by atoms with Crippen LogP contribution in [0.5, 0.6) is 5.75 Å². The molecule has 10 heteroatoms. The second-order valence-electron chi connectivity index (χ2n) is 4.91. The number of carbonyl (C=O) groups excluding carboxylic acids is 1. The Bertz CT molecular complexity index is 1060. The SMILES string of the molecule is O=C(NCc1nn[nH]n1)c1nc(Br)c2c(sc3ccccc32)c1O. The quantitative estimate of drug-likeness (QED) is 0.451. The molecule has 0 fully saturated rings. The fourth-order valence-electron chi connectivity index (χ4n) is 2.39. The number of aromatic amines is 1. The van der Waals surface area contributed by atoms with Gasteiger partial charge in [-0.2, -0.15) is 5.21 Å². The van der Waals surface area contributed by atoms with Gasteiger partial charge in [0.2, 0.25) is 0 Å². The average Bonchev–Trinajstić information content (AvgIpc) is 3.23. The number of hydrogen-bond donors (Lipinski definition) is 3. The van der Waals surface area contributed by atoms with E-state index < -0.39 is 5.91 Å². The van der Waals surface area contributed by atoms with Crippen LogP contribution >= 0.6 is 27.3 Å². The first-order chi connectivity index (χ1) is 11.6. The molecule has 8 nitrogen and oxygen atoms in total. The van der Waals surface area contributed by atoms with Gasteiger partial charge in [-0.25, -0.2) is 4.98 Å². The third-order valence-electron chi connectivity index (χ3n) is 3.46. The topological polar surface area (TPSA) is 117 Å². The zero-order chi connectivity index (χ0) is 16.7. The van der Waals surface area contributed by atoms with Crippen LogP contribution in [-0.4, -0.2) is 36.6 Å². The number of halogens is 1. The van der Waals surface area contributed by atoms with Gasteiger partial charge >= 0.3 is 0 Å². The molecule has 0 aliphatic heterocycles. The van der Waals surface area contributed by atoms with Crippen LogP contribution in [-0.2, 0) is 6.54 Å². The van der Waals surface area contributed by atoms with Crippen molar-refractivity contribution >= 4 is 53.3 Å². The van der Waals surface area contributed by atoms with E-state index in [-0.39, 0.29) is 18.0 Å². The fraction of sp³-hybridized carbons (Fsp3) is 0.0714. The number of aromatic hydroxyl groups is 1. The van der Waals surface area contributed by atoms with Gasteiger partial charge in [-0.1, -0.05) is 23.4 Å². The van der Waals surface area contributed by atoms with Crippen LogP contribution < -0.4 is 5.32 Å². The van der Waals surface area contributed by atoms with E-state index >= 15 is 0 Å². The summed E-state index contributed by atoms with van der Waals surface area (Å²) in [6, 6.07) is 7.76. The molecule has 0 saturated heterocycles. The third-order valence-corrected chi connectivity index (χ3v) is 5.21. The number of nitrogens with one attached hydrogen (secondary N) is 2. The molecule has 1 aromatic carbocycles. The molecule has 0 aliphatic carbocycles. The Labute approximate surface area is 147 Å². The summed E-state index contributed by atoms with van der Waals surface area (Å²) in [5, 5.41) is 28.1. The molecule has 3 heterocycles. The molecule has 3 aromatic heterocycles. The van der Waals surface area contributed by atoms with Crippen LogP contribution in [0, 0.1) is 0 Å². The molecule has 0 bridgehead atoms. The summed E-state index contributed by atoms with van der Waals surface area (Å²) in [6.45, 7) is 0.0819. The van der Waals surface area contributed by atoms with E-state index in [1.807, 2.05) is 24.3 Å². The lowest BCUT2D eigenvalue weighted by Crippen LogP contribution is -2.24. The smallest absolute Gasteiger partial charge is 0.274 e. The first kappa shape index (κ1) is 15.0. The van der Waals surface area contributed by atoms with E-state index in [1.54, 1.807) is 0 Å². The summed E-state index contributed by atoms with van der Waals surface area (Å²) < 4.78 is 2.13. The summed E-state index contributed by atoms with van der Waals surface area (Å²) in [5.41, 5.74) is -0.0515. The third kappa shape index (κ3) is 2.39. The van der Waals surface area contributed by atoms with Gasteiger partial charge in [0.05, 0.1) is 11.2 Å². The van der Waals surface area contributed by atoms with Crippen molar-refractivity contribution in [3.63, 3.8) is 0 Å². The monoisotopic (exact) mass is 404 g/mol. The normalized spacial score (nSPS) is 11.2. The molecular weight excluding hydrogens is 396 g/mol. The summed E-state index contributed by atoms with van der Waals surface area (Å²) >= 11 is 4.82. The van der Waals surface area contributed by atoms with Crippen LogP contribution in [0.3, 0.4) is 0 Å². The average molecular weight is 405 g/mol. The molecule has 3 N–H and O–H groups in total. The Morgan fingerprint density at radius 3 is 3.00 bits per heavy atom. The Hall–Kier alpha value is -2.59. The Morgan fingerprint density at radius 1 is 1.38 bits per heavy atom. The zero-order valence-electron chi connectivity index (χ0n) is 11.9. The highest BCUT2D eigenvalue weighted by Crippen LogP contribution is 2.42. The number of nitrogens with zero attached hydrogens (tertiary/aromatic N) is 4. The number of aromatic nitrogens is 5. The minimum absolute atomic E-state index is 0.0515. The molecule has 4 rings (SSSR count). The molecule has 1 amide bonds. The Balaban J connectivity index is 1.77. The molecule has 24 heavy (non-hydrogen) atoms. The highest BCUT2D eigenvalue weighted by Gasteiger charge is 2.21. The number of thiophene rings is 1. The van der Waals surface area contributed by atoms with Crippen LogP contribution in [0.4, 0.5) is 0 Å². The van der Waals surface area contributed by atoms with Crippen LogP contribution in [0.1, 0.15) is 16.3 Å². The molecule has 0 aliphatic rings.